The van der Waals surface area contributed by atoms with E-state index in [-0.39, 0.29) is 10.9 Å². The molecule has 0 saturated carbocycles. The Labute approximate surface area is 90.3 Å². The fourth-order valence-corrected chi connectivity index (χ4v) is 2.48. The van der Waals surface area contributed by atoms with E-state index >= 15 is 0 Å². The maximum absolute atomic E-state index is 13.6. The molecule has 0 saturated heterocycles. The van der Waals surface area contributed by atoms with Crippen molar-refractivity contribution in [2.24, 2.45) is 0 Å². The number of hydrogen-bond acceptors (Lipinski definition) is 0. The molecule has 0 atom stereocenters. The van der Waals surface area contributed by atoms with E-state index in [4.69, 9.17) is 0 Å². The number of aromatic nitrogens is 1. The predicted octanol–water partition coefficient (Wildman–Crippen LogP) is 3.46. The molecule has 4 heteroatoms. The van der Waals surface area contributed by atoms with Crippen molar-refractivity contribution in [1.29, 1.82) is 0 Å². The lowest BCUT2D eigenvalue weighted by molar-refractivity contribution is 0.504. The van der Waals surface area contributed by atoms with Gasteiger partial charge < -0.3 is 4.98 Å². The molecular weight excluding hydrogens is 215 g/mol. The van der Waals surface area contributed by atoms with Crippen LogP contribution < -0.4 is 0 Å². The lowest BCUT2D eigenvalue weighted by Crippen LogP contribution is -2.00. The molecule has 84 valence electrons. The molecule has 1 aliphatic carbocycles. The summed E-state index contributed by atoms with van der Waals surface area (Å²) in [5.74, 6) is -2.79. The minimum atomic E-state index is -1.14. The fraction of sp³-hybridized carbons (Fsp3) is 0.333. The molecular formula is C12H10F3N. The zero-order chi connectivity index (χ0) is 11.3. The van der Waals surface area contributed by atoms with Crippen molar-refractivity contribution in [2.45, 2.75) is 25.7 Å². The number of H-pyrrole nitrogens is 1. The normalized spacial score (nSPS) is 15.4. The third kappa shape index (κ3) is 1.19. The van der Waals surface area contributed by atoms with Gasteiger partial charge in [-0.1, -0.05) is 0 Å². The Balaban J connectivity index is 2.42. The maximum atomic E-state index is 13.6. The van der Waals surface area contributed by atoms with Gasteiger partial charge in [0.05, 0.1) is 5.52 Å². The summed E-state index contributed by atoms with van der Waals surface area (Å²) in [6.07, 6.45) is 3.49. The largest absolute Gasteiger partial charge is 0.356 e. The van der Waals surface area contributed by atoms with E-state index in [0.29, 0.717) is 6.07 Å². The van der Waals surface area contributed by atoms with E-state index in [1.807, 2.05) is 0 Å². The Morgan fingerprint density at radius 1 is 1.00 bits per heavy atom. The van der Waals surface area contributed by atoms with Crippen LogP contribution in [0.15, 0.2) is 6.07 Å². The first kappa shape index (κ1) is 9.75. The van der Waals surface area contributed by atoms with Gasteiger partial charge in [-0.25, -0.2) is 13.2 Å². The Morgan fingerprint density at radius 2 is 1.75 bits per heavy atom. The highest BCUT2D eigenvalue weighted by Gasteiger charge is 2.22. The molecule has 0 unspecified atom stereocenters. The SMILES string of the molecule is Fc1cc(F)c2c3c([nH]c2c1F)CCCC3. The van der Waals surface area contributed by atoms with Crippen molar-refractivity contribution in [3.63, 3.8) is 0 Å². The van der Waals surface area contributed by atoms with Crippen molar-refractivity contribution in [1.82, 2.24) is 4.98 Å². The van der Waals surface area contributed by atoms with Crippen LogP contribution >= 0.6 is 0 Å². The van der Waals surface area contributed by atoms with E-state index in [9.17, 15) is 13.2 Å². The summed E-state index contributed by atoms with van der Waals surface area (Å²) < 4.78 is 40.2. The Kier molecular flexibility index (Phi) is 1.99. The second-order valence-corrected chi connectivity index (χ2v) is 4.19. The van der Waals surface area contributed by atoms with Gasteiger partial charge in [-0.05, 0) is 31.2 Å². The minimum absolute atomic E-state index is 0.0237. The molecule has 0 bridgehead atoms. The first-order valence-corrected chi connectivity index (χ1v) is 5.35. The average Bonchev–Trinajstić information content (AvgIpc) is 2.65. The molecule has 3 rings (SSSR count). The van der Waals surface area contributed by atoms with Crippen LogP contribution in [0.25, 0.3) is 10.9 Å². The molecule has 0 spiro atoms. The average molecular weight is 225 g/mol. The number of aromatic amines is 1. The molecule has 2 aromatic rings. The van der Waals surface area contributed by atoms with E-state index in [1.165, 1.54) is 0 Å². The van der Waals surface area contributed by atoms with Crippen molar-refractivity contribution in [3.8, 4) is 0 Å². The monoisotopic (exact) mass is 225 g/mol. The molecule has 16 heavy (non-hydrogen) atoms. The number of hydrogen-bond donors (Lipinski definition) is 1. The molecule has 0 fully saturated rings. The maximum Gasteiger partial charge on any atom is 0.183 e. The number of fused-ring (bicyclic) bond motifs is 3. The van der Waals surface area contributed by atoms with Gasteiger partial charge >= 0.3 is 0 Å². The third-order valence-electron chi connectivity index (χ3n) is 3.22. The number of benzene rings is 1. The first-order valence-electron chi connectivity index (χ1n) is 5.35. The van der Waals surface area contributed by atoms with Gasteiger partial charge in [0, 0.05) is 17.1 Å². The smallest absolute Gasteiger partial charge is 0.183 e. The fourth-order valence-electron chi connectivity index (χ4n) is 2.48. The van der Waals surface area contributed by atoms with E-state index < -0.39 is 17.5 Å². The molecule has 1 aliphatic rings. The van der Waals surface area contributed by atoms with Gasteiger partial charge in [-0.3, -0.25) is 0 Å². The van der Waals surface area contributed by atoms with Crippen molar-refractivity contribution >= 4 is 10.9 Å². The Bertz CT molecular complexity index is 571. The van der Waals surface area contributed by atoms with Crippen LogP contribution in [0.5, 0.6) is 0 Å². The molecule has 1 N–H and O–H groups in total. The van der Waals surface area contributed by atoms with Gasteiger partial charge in [0.1, 0.15) is 5.82 Å². The Hall–Kier alpha value is -1.45. The third-order valence-corrected chi connectivity index (χ3v) is 3.22. The van der Waals surface area contributed by atoms with Crippen molar-refractivity contribution in [2.75, 3.05) is 0 Å². The first-order chi connectivity index (χ1) is 7.68. The van der Waals surface area contributed by atoms with Crippen LogP contribution in [-0.2, 0) is 12.8 Å². The van der Waals surface area contributed by atoms with Gasteiger partial charge in [-0.2, -0.15) is 0 Å². The highest BCUT2D eigenvalue weighted by atomic mass is 19.2. The molecule has 1 nitrogen and oxygen atoms in total. The molecule has 0 aliphatic heterocycles. The van der Waals surface area contributed by atoms with E-state index in [0.717, 1.165) is 36.9 Å². The van der Waals surface area contributed by atoms with E-state index in [1.54, 1.807) is 0 Å². The topological polar surface area (TPSA) is 15.8 Å². The number of rotatable bonds is 0. The summed E-state index contributed by atoms with van der Waals surface area (Å²) in [6, 6.07) is 0.625. The molecule has 1 aromatic carbocycles. The van der Waals surface area contributed by atoms with Crippen molar-refractivity contribution < 1.29 is 13.2 Å². The summed E-state index contributed by atoms with van der Waals surface area (Å²) in [5.41, 5.74) is 1.65. The lowest BCUT2D eigenvalue weighted by atomic mass is 9.95. The second-order valence-electron chi connectivity index (χ2n) is 4.19. The molecule has 1 heterocycles. The second kappa shape index (κ2) is 3.27. The zero-order valence-electron chi connectivity index (χ0n) is 8.54. The summed E-state index contributed by atoms with van der Waals surface area (Å²) in [6.45, 7) is 0. The van der Waals surface area contributed by atoms with Gasteiger partial charge in [0.15, 0.2) is 11.6 Å². The lowest BCUT2D eigenvalue weighted by Gasteiger charge is -2.10. The van der Waals surface area contributed by atoms with Crippen LogP contribution in [-0.4, -0.2) is 4.98 Å². The quantitative estimate of drug-likeness (QED) is 0.661. The number of nitrogens with one attached hydrogen (secondary N) is 1. The van der Waals surface area contributed by atoms with Gasteiger partial charge in [-0.15, -0.1) is 0 Å². The molecule has 1 aromatic heterocycles. The molecule has 0 amide bonds. The van der Waals surface area contributed by atoms with Gasteiger partial charge in [0.25, 0.3) is 0 Å². The number of halogens is 3. The van der Waals surface area contributed by atoms with Gasteiger partial charge in [0.2, 0.25) is 0 Å². The molecule has 0 radical (unpaired) electrons. The Morgan fingerprint density at radius 3 is 2.56 bits per heavy atom. The predicted molar refractivity (Wildman–Crippen MR) is 54.8 cm³/mol. The van der Waals surface area contributed by atoms with Crippen LogP contribution in [0.4, 0.5) is 13.2 Å². The van der Waals surface area contributed by atoms with Crippen LogP contribution in [0.2, 0.25) is 0 Å². The summed E-state index contributed by atoms with van der Waals surface area (Å²) in [4.78, 5) is 2.81. The highest BCUT2D eigenvalue weighted by molar-refractivity contribution is 5.86. The summed E-state index contributed by atoms with van der Waals surface area (Å²) >= 11 is 0. The standard InChI is InChI=1S/C12H10F3N/c13-7-5-8(14)11(15)12-10(7)6-3-1-2-4-9(6)16-12/h5,16H,1-4H2. The van der Waals surface area contributed by atoms with Crippen LogP contribution in [0, 0.1) is 17.5 Å². The highest BCUT2D eigenvalue weighted by Crippen LogP contribution is 2.32. The van der Waals surface area contributed by atoms with Crippen molar-refractivity contribution in [3.05, 3.63) is 34.8 Å². The van der Waals surface area contributed by atoms with Crippen LogP contribution in [0.1, 0.15) is 24.1 Å². The van der Waals surface area contributed by atoms with E-state index in [2.05, 4.69) is 4.98 Å². The zero-order valence-corrected chi connectivity index (χ0v) is 8.54. The number of aryl methyl sites for hydroxylation is 2. The van der Waals surface area contributed by atoms with Crippen LogP contribution in [0.3, 0.4) is 0 Å². The summed E-state index contributed by atoms with van der Waals surface area (Å²) in [7, 11) is 0. The summed E-state index contributed by atoms with van der Waals surface area (Å²) in [5, 5.41) is 0.230. The minimum Gasteiger partial charge on any atom is -0.356 e.